The van der Waals surface area contributed by atoms with Crippen molar-refractivity contribution in [2.45, 2.75) is 44.4 Å². The first kappa shape index (κ1) is 15.7. The second-order valence-electron chi connectivity index (χ2n) is 5.06. The van der Waals surface area contributed by atoms with Crippen molar-refractivity contribution in [2.24, 2.45) is 0 Å². The van der Waals surface area contributed by atoms with E-state index >= 15 is 0 Å². The molecule has 116 valence electrons. The van der Waals surface area contributed by atoms with Crippen LogP contribution in [0.3, 0.4) is 0 Å². The molecular weight excluding hydrogens is 286 g/mol. The number of ether oxygens (including phenoxy) is 3. The third-order valence-electron chi connectivity index (χ3n) is 3.52. The maximum absolute atomic E-state index is 11.8. The Morgan fingerprint density at radius 1 is 1.30 bits per heavy atom. The fourth-order valence-corrected chi connectivity index (χ4v) is 3.84. The molecule has 0 atom stereocenters. The minimum Gasteiger partial charge on any atom is -0.465 e. The number of sulfonamides is 1. The zero-order valence-electron chi connectivity index (χ0n) is 11.6. The topological polar surface area (TPSA) is 90.9 Å². The molecule has 0 aromatic rings. The summed E-state index contributed by atoms with van der Waals surface area (Å²) >= 11 is 0. The van der Waals surface area contributed by atoms with Gasteiger partial charge in [-0.05, 0) is 19.8 Å². The average molecular weight is 307 g/mol. The van der Waals surface area contributed by atoms with Gasteiger partial charge in [0.1, 0.15) is 0 Å². The molecular formula is C12H21NO6S. The first-order chi connectivity index (χ1) is 9.45. The maximum Gasteiger partial charge on any atom is 0.322 e. The number of carbonyl (C=O) groups excluding carboxylic acids is 1. The predicted molar refractivity (Wildman–Crippen MR) is 70.4 cm³/mol. The molecule has 0 unspecified atom stereocenters. The quantitative estimate of drug-likeness (QED) is 0.727. The molecule has 1 aliphatic carbocycles. The molecule has 2 aliphatic rings. The minimum absolute atomic E-state index is 0.173. The lowest BCUT2D eigenvalue weighted by atomic mass is 9.91. The van der Waals surface area contributed by atoms with Crippen LogP contribution in [-0.4, -0.2) is 51.8 Å². The van der Waals surface area contributed by atoms with Crippen LogP contribution in [0.4, 0.5) is 0 Å². The number of carbonyl (C=O) groups is 1. The number of esters is 1. The van der Waals surface area contributed by atoms with E-state index in [-0.39, 0.29) is 12.6 Å². The molecule has 1 saturated heterocycles. The highest BCUT2D eigenvalue weighted by Crippen LogP contribution is 2.35. The predicted octanol–water partition coefficient (Wildman–Crippen LogP) is 0.155. The summed E-state index contributed by atoms with van der Waals surface area (Å²) in [7, 11) is -3.64. The lowest BCUT2D eigenvalue weighted by Crippen LogP contribution is -2.45. The van der Waals surface area contributed by atoms with Gasteiger partial charge in [0, 0.05) is 18.9 Å². The van der Waals surface area contributed by atoms with Crippen molar-refractivity contribution in [3.05, 3.63) is 0 Å². The third-order valence-corrected chi connectivity index (χ3v) is 4.83. The molecule has 2 fully saturated rings. The Bertz CT molecular complexity index is 433. The van der Waals surface area contributed by atoms with Crippen LogP contribution < -0.4 is 4.72 Å². The van der Waals surface area contributed by atoms with E-state index < -0.39 is 27.5 Å². The van der Waals surface area contributed by atoms with Crippen molar-refractivity contribution in [3.8, 4) is 0 Å². The van der Waals surface area contributed by atoms with Crippen molar-refractivity contribution in [3.63, 3.8) is 0 Å². The van der Waals surface area contributed by atoms with Gasteiger partial charge in [0.05, 0.1) is 19.8 Å². The van der Waals surface area contributed by atoms with Gasteiger partial charge in [-0.1, -0.05) is 0 Å². The van der Waals surface area contributed by atoms with Crippen LogP contribution in [0.2, 0.25) is 0 Å². The van der Waals surface area contributed by atoms with Crippen LogP contribution in [-0.2, 0) is 29.0 Å². The Hall–Kier alpha value is -0.700. The monoisotopic (exact) mass is 307 g/mol. The summed E-state index contributed by atoms with van der Waals surface area (Å²) < 4.78 is 42.0. The molecule has 8 heteroatoms. The summed E-state index contributed by atoms with van der Waals surface area (Å²) in [6, 6.07) is -0.173. The van der Waals surface area contributed by atoms with Gasteiger partial charge in [-0.3, -0.25) is 4.79 Å². The van der Waals surface area contributed by atoms with Crippen LogP contribution in [0.1, 0.15) is 32.6 Å². The maximum atomic E-state index is 11.8. The van der Waals surface area contributed by atoms with Gasteiger partial charge in [0.25, 0.3) is 0 Å². The highest BCUT2D eigenvalue weighted by Gasteiger charge is 2.41. The van der Waals surface area contributed by atoms with E-state index in [1.165, 1.54) is 0 Å². The standard InChI is InChI=1S/C12H21NO6S/c1-2-17-11(14)9-20(15,16)13-10-3-5-12(6-4-10)18-7-8-19-12/h10,13H,2-9H2,1H3. The molecule has 0 aromatic carbocycles. The van der Waals surface area contributed by atoms with E-state index in [1.807, 2.05) is 0 Å². The van der Waals surface area contributed by atoms with E-state index in [0.29, 0.717) is 38.9 Å². The Morgan fingerprint density at radius 2 is 1.90 bits per heavy atom. The summed E-state index contributed by atoms with van der Waals surface area (Å²) in [5, 5.41) is 0. The summed E-state index contributed by atoms with van der Waals surface area (Å²) in [5.41, 5.74) is 0. The molecule has 1 heterocycles. The highest BCUT2D eigenvalue weighted by molar-refractivity contribution is 7.90. The van der Waals surface area contributed by atoms with E-state index in [2.05, 4.69) is 9.46 Å². The van der Waals surface area contributed by atoms with E-state index in [4.69, 9.17) is 9.47 Å². The van der Waals surface area contributed by atoms with Gasteiger partial charge in [-0.25, -0.2) is 13.1 Å². The van der Waals surface area contributed by atoms with E-state index in [1.54, 1.807) is 6.92 Å². The molecule has 0 amide bonds. The minimum atomic E-state index is -3.64. The second-order valence-corrected chi connectivity index (χ2v) is 6.82. The number of hydrogen-bond donors (Lipinski definition) is 1. The molecule has 0 aromatic heterocycles. The second kappa shape index (κ2) is 6.38. The van der Waals surface area contributed by atoms with Gasteiger partial charge in [0.2, 0.25) is 10.0 Å². The number of hydrogen-bond acceptors (Lipinski definition) is 6. The van der Waals surface area contributed by atoms with Crippen LogP contribution in [0, 0.1) is 0 Å². The molecule has 0 bridgehead atoms. The Morgan fingerprint density at radius 3 is 2.45 bits per heavy atom. The van der Waals surface area contributed by atoms with Crippen molar-refractivity contribution in [2.75, 3.05) is 25.6 Å². The number of nitrogens with one attached hydrogen (secondary N) is 1. The van der Waals surface area contributed by atoms with Crippen LogP contribution in [0.15, 0.2) is 0 Å². The first-order valence-corrected chi connectivity index (χ1v) is 8.53. The summed E-state index contributed by atoms with van der Waals surface area (Å²) in [5.74, 6) is -1.87. The summed E-state index contributed by atoms with van der Waals surface area (Å²) in [4.78, 5) is 11.2. The fraction of sp³-hybridized carbons (Fsp3) is 0.917. The average Bonchev–Trinajstić information content (AvgIpc) is 2.80. The molecule has 20 heavy (non-hydrogen) atoms. The van der Waals surface area contributed by atoms with Crippen molar-refractivity contribution < 1.29 is 27.4 Å². The van der Waals surface area contributed by atoms with Gasteiger partial charge >= 0.3 is 5.97 Å². The molecule has 1 saturated carbocycles. The smallest absolute Gasteiger partial charge is 0.322 e. The van der Waals surface area contributed by atoms with Gasteiger partial charge < -0.3 is 14.2 Å². The highest BCUT2D eigenvalue weighted by atomic mass is 32.2. The van der Waals surface area contributed by atoms with Crippen molar-refractivity contribution >= 4 is 16.0 Å². The van der Waals surface area contributed by atoms with Crippen LogP contribution in [0.25, 0.3) is 0 Å². The molecule has 2 rings (SSSR count). The lowest BCUT2D eigenvalue weighted by Gasteiger charge is -2.35. The van der Waals surface area contributed by atoms with Gasteiger partial charge in [0.15, 0.2) is 11.5 Å². The Kier molecular flexibility index (Phi) is 5.00. The van der Waals surface area contributed by atoms with E-state index in [9.17, 15) is 13.2 Å². The van der Waals surface area contributed by atoms with Crippen molar-refractivity contribution in [1.29, 1.82) is 0 Å². The molecule has 0 radical (unpaired) electrons. The molecule has 7 nitrogen and oxygen atoms in total. The first-order valence-electron chi connectivity index (χ1n) is 6.88. The van der Waals surface area contributed by atoms with Crippen molar-refractivity contribution in [1.82, 2.24) is 4.72 Å². The Balaban J connectivity index is 1.81. The van der Waals surface area contributed by atoms with Crippen LogP contribution in [0.5, 0.6) is 0 Å². The SMILES string of the molecule is CCOC(=O)CS(=O)(=O)NC1CCC2(CC1)OCCO2. The van der Waals surface area contributed by atoms with Gasteiger partial charge in [-0.2, -0.15) is 0 Å². The largest absolute Gasteiger partial charge is 0.465 e. The molecule has 1 aliphatic heterocycles. The Labute approximate surface area is 119 Å². The summed E-state index contributed by atoms with van der Waals surface area (Å²) in [6.45, 7) is 3.01. The lowest BCUT2D eigenvalue weighted by molar-refractivity contribution is -0.178. The fourth-order valence-electron chi connectivity index (χ4n) is 2.61. The molecule has 1 spiro atoms. The molecule has 1 N–H and O–H groups in total. The zero-order valence-corrected chi connectivity index (χ0v) is 12.4. The van der Waals surface area contributed by atoms with E-state index in [0.717, 1.165) is 0 Å². The third kappa shape index (κ3) is 4.15. The zero-order chi connectivity index (χ0) is 14.6. The normalized spacial score (nSPS) is 23.1. The number of rotatable bonds is 5. The van der Waals surface area contributed by atoms with Gasteiger partial charge in [-0.15, -0.1) is 0 Å². The van der Waals surface area contributed by atoms with Crippen LogP contribution >= 0.6 is 0 Å². The summed E-state index contributed by atoms with van der Waals surface area (Å²) in [6.07, 6.45) is 2.61.